The first-order chi connectivity index (χ1) is 9.99. The van der Waals surface area contributed by atoms with Crippen LogP contribution in [0.25, 0.3) is 0 Å². The van der Waals surface area contributed by atoms with Crippen LogP contribution in [0, 0.1) is 18.3 Å². The normalized spacial score (nSPS) is 10.5. The third-order valence-corrected chi connectivity index (χ3v) is 2.75. The highest BCUT2D eigenvalue weighted by atomic mass is 35.5. The van der Waals surface area contributed by atoms with Crippen molar-refractivity contribution < 1.29 is 14.3 Å². The van der Waals surface area contributed by atoms with Crippen molar-refractivity contribution in [3.63, 3.8) is 0 Å². The minimum Gasteiger partial charge on any atom is -0.450 e. The lowest BCUT2D eigenvalue weighted by Crippen LogP contribution is -2.32. The summed E-state index contributed by atoms with van der Waals surface area (Å²) in [5.41, 5.74) is 1.15. The number of nitriles is 1. The molecule has 0 saturated heterocycles. The van der Waals surface area contributed by atoms with Gasteiger partial charge >= 0.3 is 6.09 Å². The topological polar surface area (TPSA) is 91.2 Å². The number of aryl methyl sites for hydroxylation is 1. The van der Waals surface area contributed by atoms with Crippen molar-refractivity contribution in [1.82, 2.24) is 5.32 Å². The van der Waals surface area contributed by atoms with Gasteiger partial charge in [0.1, 0.15) is 11.6 Å². The zero-order valence-corrected chi connectivity index (χ0v) is 12.3. The Hall–Kier alpha value is -2.52. The fraction of sp³-hybridized carbons (Fsp3) is 0.214. The van der Waals surface area contributed by atoms with Gasteiger partial charge in [0.25, 0.3) is 5.91 Å². The zero-order valence-electron chi connectivity index (χ0n) is 11.6. The molecule has 7 heteroatoms. The summed E-state index contributed by atoms with van der Waals surface area (Å²) in [5.74, 6) is -0.854. The predicted molar refractivity (Wildman–Crippen MR) is 78.7 cm³/mol. The highest BCUT2D eigenvalue weighted by molar-refractivity contribution is 6.33. The van der Waals surface area contributed by atoms with Gasteiger partial charge in [0.2, 0.25) is 0 Å². The number of anilines is 1. The third kappa shape index (κ3) is 4.82. The summed E-state index contributed by atoms with van der Waals surface area (Å²) in [6, 6.07) is 6.98. The Bertz CT molecular complexity index is 600. The Labute approximate surface area is 127 Å². The molecule has 0 aromatic heterocycles. The van der Waals surface area contributed by atoms with Crippen LogP contribution in [0.15, 0.2) is 30.0 Å². The summed E-state index contributed by atoms with van der Waals surface area (Å²) in [5, 5.41) is 14.1. The number of para-hydroxylation sites is 1. The van der Waals surface area contributed by atoms with Crippen molar-refractivity contribution in [1.29, 1.82) is 5.26 Å². The summed E-state index contributed by atoms with van der Waals surface area (Å²) in [7, 11) is 0. The average molecular weight is 308 g/mol. The minimum atomic E-state index is -0.905. The molecular weight excluding hydrogens is 294 g/mol. The number of rotatable bonds is 4. The number of benzene rings is 1. The number of nitrogens with one attached hydrogen (secondary N) is 2. The lowest BCUT2D eigenvalue weighted by Gasteiger charge is -2.08. The number of halogens is 1. The van der Waals surface area contributed by atoms with Crippen molar-refractivity contribution in [2.24, 2.45) is 0 Å². The molecule has 110 valence electrons. The van der Waals surface area contributed by atoms with Crippen LogP contribution >= 0.6 is 11.6 Å². The van der Waals surface area contributed by atoms with E-state index in [-0.39, 0.29) is 12.2 Å². The lowest BCUT2D eigenvalue weighted by molar-refractivity contribution is -0.116. The smallest absolute Gasteiger partial charge is 0.414 e. The van der Waals surface area contributed by atoms with Gasteiger partial charge in [-0.15, -0.1) is 0 Å². The molecule has 2 amide bonds. The Balaban J connectivity index is 2.83. The Morgan fingerprint density at radius 2 is 2.19 bits per heavy atom. The van der Waals surface area contributed by atoms with Gasteiger partial charge in [0.15, 0.2) is 0 Å². The number of carbonyl (C=O) groups is 2. The summed E-state index contributed by atoms with van der Waals surface area (Å²) < 4.78 is 4.56. The SMILES string of the molecule is CCOC(=O)NC(=O)/C(C#N)=C\Nc1c(C)cccc1Cl. The number of imide groups is 1. The van der Waals surface area contributed by atoms with Crippen LogP contribution in [-0.4, -0.2) is 18.6 Å². The monoisotopic (exact) mass is 307 g/mol. The van der Waals surface area contributed by atoms with Gasteiger partial charge < -0.3 is 10.1 Å². The van der Waals surface area contributed by atoms with E-state index in [0.29, 0.717) is 10.7 Å². The van der Waals surface area contributed by atoms with E-state index < -0.39 is 12.0 Å². The van der Waals surface area contributed by atoms with Crippen LogP contribution in [0.4, 0.5) is 10.5 Å². The molecule has 0 atom stereocenters. The molecule has 0 aliphatic heterocycles. The second-order valence-electron chi connectivity index (χ2n) is 3.92. The molecule has 2 N–H and O–H groups in total. The van der Waals surface area contributed by atoms with Crippen LogP contribution in [-0.2, 0) is 9.53 Å². The Kier molecular flexibility index (Phi) is 6.24. The van der Waals surface area contributed by atoms with Gasteiger partial charge in [-0.05, 0) is 25.5 Å². The molecule has 1 aromatic carbocycles. The summed E-state index contributed by atoms with van der Waals surface area (Å²) in [4.78, 5) is 22.8. The average Bonchev–Trinajstić information content (AvgIpc) is 2.42. The largest absolute Gasteiger partial charge is 0.450 e. The van der Waals surface area contributed by atoms with Gasteiger partial charge in [-0.1, -0.05) is 23.7 Å². The van der Waals surface area contributed by atoms with Crippen LogP contribution < -0.4 is 10.6 Å². The van der Waals surface area contributed by atoms with Crippen LogP contribution in [0.3, 0.4) is 0 Å². The predicted octanol–water partition coefficient (Wildman–Crippen LogP) is 2.74. The first-order valence-corrected chi connectivity index (χ1v) is 6.47. The van der Waals surface area contributed by atoms with Crippen molar-refractivity contribution in [3.05, 3.63) is 40.6 Å². The number of carbonyl (C=O) groups excluding carboxylic acids is 2. The molecule has 0 fully saturated rings. The maximum Gasteiger partial charge on any atom is 0.414 e. The molecule has 0 bridgehead atoms. The van der Waals surface area contributed by atoms with E-state index in [1.807, 2.05) is 18.3 Å². The molecule has 21 heavy (non-hydrogen) atoms. The molecule has 0 radical (unpaired) electrons. The molecule has 0 unspecified atom stereocenters. The second kappa shape index (κ2) is 7.92. The molecule has 0 aliphatic carbocycles. The van der Waals surface area contributed by atoms with Gasteiger partial charge in [0, 0.05) is 6.20 Å². The maximum atomic E-state index is 11.7. The van der Waals surface area contributed by atoms with Gasteiger partial charge in [-0.2, -0.15) is 5.26 Å². The first-order valence-electron chi connectivity index (χ1n) is 6.09. The number of ether oxygens (including phenoxy) is 1. The van der Waals surface area contributed by atoms with E-state index >= 15 is 0 Å². The summed E-state index contributed by atoms with van der Waals surface area (Å²) in [6.07, 6.45) is 0.278. The quantitative estimate of drug-likeness (QED) is 0.659. The van der Waals surface area contributed by atoms with E-state index in [2.05, 4.69) is 10.1 Å². The van der Waals surface area contributed by atoms with E-state index in [1.165, 1.54) is 6.20 Å². The van der Waals surface area contributed by atoms with Crippen LogP contribution in [0.5, 0.6) is 0 Å². The highest BCUT2D eigenvalue weighted by Crippen LogP contribution is 2.25. The van der Waals surface area contributed by atoms with Gasteiger partial charge in [-0.25, -0.2) is 4.79 Å². The first kappa shape index (κ1) is 16.5. The van der Waals surface area contributed by atoms with Crippen molar-refractivity contribution >= 4 is 29.3 Å². The van der Waals surface area contributed by atoms with Crippen LogP contribution in [0.2, 0.25) is 5.02 Å². The standard InChI is InChI=1S/C14H14ClN3O3/c1-3-21-14(20)18-13(19)10(7-16)8-17-12-9(2)5-4-6-11(12)15/h4-6,8,17H,3H2,1-2H3,(H,18,19,20)/b10-8-. The Morgan fingerprint density at radius 1 is 1.48 bits per heavy atom. The number of alkyl carbamates (subject to hydrolysis) is 1. The molecule has 0 saturated carbocycles. The van der Waals surface area contributed by atoms with Gasteiger partial charge in [-0.3, -0.25) is 10.1 Å². The van der Waals surface area contributed by atoms with Gasteiger partial charge in [0.05, 0.1) is 17.3 Å². The molecule has 1 aromatic rings. The van der Waals surface area contributed by atoms with E-state index in [1.54, 1.807) is 25.1 Å². The number of hydrogen-bond donors (Lipinski definition) is 2. The fourth-order valence-corrected chi connectivity index (χ4v) is 1.71. The molecule has 0 heterocycles. The third-order valence-electron chi connectivity index (χ3n) is 2.44. The summed E-state index contributed by atoms with van der Waals surface area (Å²) >= 11 is 6.01. The number of amides is 2. The minimum absolute atomic E-state index is 0.127. The van der Waals surface area contributed by atoms with Crippen molar-refractivity contribution in [2.45, 2.75) is 13.8 Å². The van der Waals surface area contributed by atoms with E-state index in [4.69, 9.17) is 16.9 Å². The number of nitrogens with zero attached hydrogens (tertiary/aromatic N) is 1. The zero-order chi connectivity index (χ0) is 15.8. The fourth-order valence-electron chi connectivity index (χ4n) is 1.43. The van der Waals surface area contributed by atoms with E-state index in [0.717, 1.165) is 5.56 Å². The molecule has 6 nitrogen and oxygen atoms in total. The number of hydrogen-bond acceptors (Lipinski definition) is 5. The second-order valence-corrected chi connectivity index (χ2v) is 4.33. The maximum absolute atomic E-state index is 11.7. The molecule has 0 aliphatic rings. The molecular formula is C14H14ClN3O3. The van der Waals surface area contributed by atoms with E-state index in [9.17, 15) is 9.59 Å². The Morgan fingerprint density at radius 3 is 2.76 bits per heavy atom. The molecule has 1 rings (SSSR count). The van der Waals surface area contributed by atoms with Crippen LogP contribution in [0.1, 0.15) is 12.5 Å². The van der Waals surface area contributed by atoms with Crippen molar-refractivity contribution in [2.75, 3.05) is 11.9 Å². The summed E-state index contributed by atoms with van der Waals surface area (Å²) in [6.45, 7) is 3.56. The highest BCUT2D eigenvalue weighted by Gasteiger charge is 2.13. The molecule has 0 spiro atoms. The lowest BCUT2D eigenvalue weighted by atomic mass is 10.2. The van der Waals surface area contributed by atoms with Crippen molar-refractivity contribution in [3.8, 4) is 6.07 Å².